The van der Waals surface area contributed by atoms with Crippen molar-refractivity contribution in [1.82, 2.24) is 5.32 Å². The largest absolute Gasteiger partial charge is 0.493 e. The molecule has 1 aromatic carbocycles. The Kier molecular flexibility index (Phi) is 8.15. The van der Waals surface area contributed by atoms with Gasteiger partial charge < -0.3 is 23.9 Å². The van der Waals surface area contributed by atoms with Crippen molar-refractivity contribution in [2.24, 2.45) is 0 Å². The van der Waals surface area contributed by atoms with E-state index in [0.717, 1.165) is 0 Å². The molecule has 0 saturated carbocycles. The number of methoxy groups -OCH3 is 1. The van der Waals surface area contributed by atoms with E-state index in [1.165, 1.54) is 25.5 Å². The van der Waals surface area contributed by atoms with Crippen LogP contribution in [0.4, 0.5) is 0 Å². The molecule has 2 rings (SSSR count). The van der Waals surface area contributed by atoms with Gasteiger partial charge in [-0.2, -0.15) is 0 Å². The number of furan rings is 1. The van der Waals surface area contributed by atoms with E-state index < -0.39 is 18.5 Å². The average molecular weight is 422 g/mol. The molecule has 156 valence electrons. The minimum absolute atomic E-state index is 0.0700. The van der Waals surface area contributed by atoms with Crippen LogP contribution in [0, 0.1) is 0 Å². The number of hydrogen-bond donors (Lipinski definition) is 1. The lowest BCUT2D eigenvalue weighted by atomic mass is 10.2. The summed E-state index contributed by atoms with van der Waals surface area (Å²) in [5.41, 5.74) is 0.621. The van der Waals surface area contributed by atoms with Crippen LogP contribution in [-0.4, -0.2) is 31.7 Å². The lowest BCUT2D eigenvalue weighted by Gasteiger charge is -2.15. The Labute approximate surface area is 174 Å². The van der Waals surface area contributed by atoms with Gasteiger partial charge in [0.05, 0.1) is 30.5 Å². The second-order valence-electron chi connectivity index (χ2n) is 6.45. The van der Waals surface area contributed by atoms with E-state index in [2.05, 4.69) is 5.32 Å². The molecule has 0 fully saturated rings. The summed E-state index contributed by atoms with van der Waals surface area (Å²) in [6.07, 6.45) is 4.17. The maximum atomic E-state index is 11.9. The molecular formula is C21H24ClNO6. The second kappa shape index (κ2) is 10.6. The van der Waals surface area contributed by atoms with E-state index in [-0.39, 0.29) is 12.1 Å². The summed E-state index contributed by atoms with van der Waals surface area (Å²) in [4.78, 5) is 23.8. The zero-order valence-corrected chi connectivity index (χ0v) is 17.5. The fourth-order valence-corrected chi connectivity index (χ4v) is 2.69. The monoisotopic (exact) mass is 421 g/mol. The summed E-state index contributed by atoms with van der Waals surface area (Å²) >= 11 is 6.25. The van der Waals surface area contributed by atoms with Crippen LogP contribution in [0.1, 0.15) is 38.1 Å². The quantitative estimate of drug-likeness (QED) is 0.483. The van der Waals surface area contributed by atoms with Crippen molar-refractivity contribution < 1.29 is 28.2 Å². The molecule has 1 amide bonds. The molecule has 0 aliphatic carbocycles. The fraction of sp³-hybridized carbons (Fsp3) is 0.333. The highest BCUT2D eigenvalue weighted by Crippen LogP contribution is 2.37. The summed E-state index contributed by atoms with van der Waals surface area (Å²) in [7, 11) is 1.50. The molecule has 29 heavy (non-hydrogen) atoms. The first-order valence-electron chi connectivity index (χ1n) is 9.02. The van der Waals surface area contributed by atoms with Crippen molar-refractivity contribution in [1.29, 1.82) is 0 Å². The lowest BCUT2D eigenvalue weighted by Crippen LogP contribution is -2.30. The van der Waals surface area contributed by atoms with Gasteiger partial charge in [-0.25, -0.2) is 4.79 Å². The minimum atomic E-state index is -0.664. The molecule has 7 nitrogen and oxygen atoms in total. The van der Waals surface area contributed by atoms with Gasteiger partial charge in [0.15, 0.2) is 18.1 Å². The zero-order valence-electron chi connectivity index (χ0n) is 16.7. The number of hydrogen-bond acceptors (Lipinski definition) is 6. The smallest absolute Gasteiger partial charge is 0.331 e. The first-order chi connectivity index (χ1) is 13.8. The van der Waals surface area contributed by atoms with Gasteiger partial charge in [0.1, 0.15) is 5.76 Å². The number of benzene rings is 1. The van der Waals surface area contributed by atoms with E-state index in [9.17, 15) is 9.59 Å². The van der Waals surface area contributed by atoms with E-state index >= 15 is 0 Å². The molecule has 0 aliphatic rings. The molecule has 2 aromatic rings. The van der Waals surface area contributed by atoms with Gasteiger partial charge in [-0.15, -0.1) is 0 Å². The van der Waals surface area contributed by atoms with Crippen LogP contribution in [0.2, 0.25) is 5.02 Å². The van der Waals surface area contributed by atoms with E-state index in [1.54, 1.807) is 31.2 Å². The van der Waals surface area contributed by atoms with Crippen molar-refractivity contribution in [3.8, 4) is 11.5 Å². The first kappa shape index (κ1) is 22.4. The Balaban J connectivity index is 1.91. The van der Waals surface area contributed by atoms with Gasteiger partial charge in [0.2, 0.25) is 0 Å². The molecule has 0 unspecified atom stereocenters. The topological polar surface area (TPSA) is 87.0 Å². The Morgan fingerprint density at radius 3 is 2.66 bits per heavy atom. The zero-order chi connectivity index (χ0) is 21.4. The number of carbonyl (C=O) groups excluding carboxylic acids is 2. The highest BCUT2D eigenvalue weighted by molar-refractivity contribution is 6.32. The van der Waals surface area contributed by atoms with Crippen LogP contribution >= 0.6 is 11.6 Å². The molecule has 1 N–H and O–H groups in total. The van der Waals surface area contributed by atoms with E-state index in [1.807, 2.05) is 13.8 Å². The average Bonchev–Trinajstić information content (AvgIpc) is 3.21. The Hall–Kier alpha value is -2.93. The molecule has 1 atom stereocenters. The summed E-state index contributed by atoms with van der Waals surface area (Å²) in [5.74, 6) is 0.399. The number of nitrogens with one attached hydrogen (secondary N) is 1. The van der Waals surface area contributed by atoms with Crippen LogP contribution in [0.15, 0.2) is 41.0 Å². The van der Waals surface area contributed by atoms with Crippen LogP contribution in [0.3, 0.4) is 0 Å². The van der Waals surface area contributed by atoms with Gasteiger partial charge in [-0.1, -0.05) is 11.6 Å². The summed E-state index contributed by atoms with van der Waals surface area (Å²) in [6.45, 7) is 5.12. The molecule has 0 saturated heterocycles. The number of esters is 1. The predicted molar refractivity (Wildman–Crippen MR) is 109 cm³/mol. The van der Waals surface area contributed by atoms with Gasteiger partial charge in [-0.3, -0.25) is 4.79 Å². The van der Waals surface area contributed by atoms with Crippen LogP contribution < -0.4 is 14.8 Å². The predicted octanol–water partition coefficient (Wildman–Crippen LogP) is 4.16. The summed E-state index contributed by atoms with van der Waals surface area (Å²) in [6, 6.07) is 6.48. The number of amides is 1. The molecule has 1 heterocycles. The standard InChI is InChI=1S/C21H24ClNO6/c1-13(2)29-21-16(22)10-15(11-18(21)26-4)7-8-20(25)28-12-19(24)23-14(3)17-6-5-9-27-17/h5-11,13-14H,12H2,1-4H3,(H,23,24)/b8-7+/t14-/m0/s1. The third-order valence-corrected chi connectivity index (χ3v) is 3.99. The number of carbonyl (C=O) groups is 2. The number of halogens is 1. The van der Waals surface area contributed by atoms with Gasteiger partial charge in [-0.05, 0) is 56.7 Å². The highest BCUT2D eigenvalue weighted by Gasteiger charge is 2.14. The maximum Gasteiger partial charge on any atom is 0.331 e. The Bertz CT molecular complexity index is 860. The van der Waals surface area contributed by atoms with Gasteiger partial charge >= 0.3 is 5.97 Å². The second-order valence-corrected chi connectivity index (χ2v) is 6.85. The highest BCUT2D eigenvalue weighted by atomic mass is 35.5. The van der Waals surface area contributed by atoms with Crippen molar-refractivity contribution >= 4 is 29.6 Å². The molecular weight excluding hydrogens is 398 g/mol. The Morgan fingerprint density at radius 2 is 2.03 bits per heavy atom. The normalized spacial score (nSPS) is 12.1. The lowest BCUT2D eigenvalue weighted by molar-refractivity contribution is -0.144. The molecule has 0 bridgehead atoms. The number of ether oxygens (including phenoxy) is 3. The van der Waals surface area contributed by atoms with Crippen molar-refractivity contribution in [2.45, 2.75) is 32.9 Å². The summed E-state index contributed by atoms with van der Waals surface area (Å²) in [5, 5.41) is 3.03. The third-order valence-electron chi connectivity index (χ3n) is 3.71. The van der Waals surface area contributed by atoms with Crippen LogP contribution in [0.5, 0.6) is 11.5 Å². The number of rotatable bonds is 9. The summed E-state index contributed by atoms with van der Waals surface area (Å²) < 4.78 is 21.1. The molecule has 8 heteroatoms. The van der Waals surface area contributed by atoms with E-state index in [4.69, 9.17) is 30.2 Å². The Morgan fingerprint density at radius 1 is 1.28 bits per heavy atom. The molecule has 0 aliphatic heterocycles. The molecule has 1 aromatic heterocycles. The first-order valence-corrected chi connectivity index (χ1v) is 9.39. The fourth-order valence-electron chi connectivity index (χ4n) is 2.43. The van der Waals surface area contributed by atoms with Crippen LogP contribution in [0.25, 0.3) is 6.08 Å². The molecule has 0 radical (unpaired) electrons. The van der Waals surface area contributed by atoms with Crippen molar-refractivity contribution in [3.63, 3.8) is 0 Å². The minimum Gasteiger partial charge on any atom is -0.493 e. The van der Waals surface area contributed by atoms with Gasteiger partial charge in [0, 0.05) is 6.08 Å². The van der Waals surface area contributed by atoms with Gasteiger partial charge in [0.25, 0.3) is 5.91 Å². The van der Waals surface area contributed by atoms with Crippen molar-refractivity contribution in [3.05, 3.63) is 53.0 Å². The molecule has 0 spiro atoms. The maximum absolute atomic E-state index is 11.9. The van der Waals surface area contributed by atoms with Crippen LogP contribution in [-0.2, 0) is 14.3 Å². The van der Waals surface area contributed by atoms with Crippen molar-refractivity contribution in [2.75, 3.05) is 13.7 Å². The third kappa shape index (κ3) is 6.87. The SMILES string of the molecule is COc1cc(/C=C/C(=O)OCC(=O)N[C@@H](C)c2ccco2)cc(Cl)c1OC(C)C. The van der Waals surface area contributed by atoms with E-state index in [0.29, 0.717) is 27.8 Å².